The molecule has 0 spiro atoms. The van der Waals surface area contributed by atoms with Gasteiger partial charge in [-0.1, -0.05) is 78.9 Å². The van der Waals surface area contributed by atoms with Crippen molar-refractivity contribution in [1.29, 1.82) is 0 Å². The molecule has 5 rings (SSSR count). The minimum absolute atomic E-state index is 1.18. The first kappa shape index (κ1) is 17.4. The van der Waals surface area contributed by atoms with Gasteiger partial charge in [0, 0.05) is 0 Å². The minimum Gasteiger partial charge on any atom is -0.226 e. The zero-order valence-electron chi connectivity index (χ0n) is 16.6. The first-order valence-corrected chi connectivity index (χ1v) is 9.75. The van der Waals surface area contributed by atoms with Gasteiger partial charge >= 0.3 is 0 Å². The normalized spacial score (nSPS) is 11.1. The molecule has 0 bridgehead atoms. The molecule has 0 atom stereocenters. The fraction of sp³-hybridized carbons (Fsp3) is 0.0741. The van der Waals surface area contributed by atoms with Crippen LogP contribution in [0.4, 0.5) is 0 Å². The summed E-state index contributed by atoms with van der Waals surface area (Å²) in [5.74, 6) is 1.18. The highest BCUT2D eigenvalue weighted by Gasteiger charge is 2.27. The lowest BCUT2D eigenvalue weighted by Crippen LogP contribution is -2.30. The zero-order chi connectivity index (χ0) is 19.8. The van der Waals surface area contributed by atoms with Gasteiger partial charge in [-0.3, -0.25) is 0 Å². The largest absolute Gasteiger partial charge is 0.290 e. The number of aryl methyl sites for hydroxylation is 2. The van der Waals surface area contributed by atoms with E-state index in [2.05, 4.69) is 102 Å². The number of benzene rings is 4. The molecule has 4 aromatic carbocycles. The van der Waals surface area contributed by atoms with Gasteiger partial charge in [-0.05, 0) is 46.5 Å². The van der Waals surface area contributed by atoms with Gasteiger partial charge in [-0.2, -0.15) is 0 Å². The van der Waals surface area contributed by atoms with E-state index in [1.54, 1.807) is 0 Å². The van der Waals surface area contributed by atoms with Crippen LogP contribution >= 0.6 is 0 Å². The Morgan fingerprint density at radius 2 is 1.24 bits per heavy atom. The van der Waals surface area contributed by atoms with E-state index in [-0.39, 0.29) is 0 Å². The van der Waals surface area contributed by atoms with Crippen LogP contribution in [0.5, 0.6) is 0 Å². The van der Waals surface area contributed by atoms with Crippen LogP contribution in [-0.4, -0.2) is 4.57 Å². The molecule has 0 aliphatic carbocycles. The van der Waals surface area contributed by atoms with Crippen molar-refractivity contribution in [2.75, 3.05) is 0 Å². The summed E-state index contributed by atoms with van der Waals surface area (Å²) >= 11 is 0. The Balaban J connectivity index is 1.91. The third kappa shape index (κ3) is 2.85. The van der Waals surface area contributed by atoms with Crippen molar-refractivity contribution >= 4 is 11.0 Å². The number of hydrogen-bond donors (Lipinski definition) is 0. The summed E-state index contributed by atoms with van der Waals surface area (Å²) in [6.07, 6.45) is 0. The van der Waals surface area contributed by atoms with Gasteiger partial charge in [0.25, 0.3) is 5.82 Å². The molecule has 0 saturated carbocycles. The van der Waals surface area contributed by atoms with Crippen molar-refractivity contribution in [2.24, 2.45) is 14.1 Å². The first-order valence-electron chi connectivity index (χ1n) is 9.75. The fourth-order valence-corrected chi connectivity index (χ4v) is 4.23. The molecule has 138 valence electrons. The Kier molecular flexibility index (Phi) is 4.25. The maximum Gasteiger partial charge on any atom is 0.290 e. The van der Waals surface area contributed by atoms with Crippen LogP contribution in [-0.2, 0) is 14.1 Å². The van der Waals surface area contributed by atoms with Gasteiger partial charge in [-0.15, -0.1) is 0 Å². The second-order valence-electron chi connectivity index (χ2n) is 7.24. The molecule has 0 amide bonds. The van der Waals surface area contributed by atoms with Crippen molar-refractivity contribution in [3.63, 3.8) is 0 Å². The van der Waals surface area contributed by atoms with Crippen LogP contribution in [0.15, 0.2) is 91.0 Å². The topological polar surface area (TPSA) is 8.81 Å². The molecule has 0 aliphatic heterocycles. The number of aromatic nitrogens is 2. The van der Waals surface area contributed by atoms with Gasteiger partial charge < -0.3 is 0 Å². The van der Waals surface area contributed by atoms with Crippen LogP contribution in [0.2, 0.25) is 0 Å². The van der Waals surface area contributed by atoms with Gasteiger partial charge in [0.2, 0.25) is 0 Å². The summed E-state index contributed by atoms with van der Waals surface area (Å²) in [6, 6.07) is 37.8. The van der Waals surface area contributed by atoms with Gasteiger partial charge in [-0.25, -0.2) is 9.13 Å². The molecule has 1 aromatic heterocycles. The van der Waals surface area contributed by atoms with Crippen molar-refractivity contribution in [2.45, 2.75) is 0 Å². The van der Waals surface area contributed by atoms with Crippen LogP contribution < -0.4 is 4.57 Å². The predicted octanol–water partition coefficient (Wildman–Crippen LogP) is 5.60. The van der Waals surface area contributed by atoms with Crippen LogP contribution in [0.1, 0.15) is 0 Å². The Morgan fingerprint density at radius 1 is 0.690 bits per heavy atom. The number of nitrogens with zero attached hydrogens (tertiary/aromatic N) is 2. The average Bonchev–Trinajstić information content (AvgIpc) is 3.04. The minimum atomic E-state index is 1.18. The van der Waals surface area contributed by atoms with Crippen molar-refractivity contribution in [1.82, 2.24) is 4.57 Å². The van der Waals surface area contributed by atoms with E-state index in [0.717, 1.165) is 0 Å². The number of fused-ring (bicyclic) bond motifs is 1. The van der Waals surface area contributed by atoms with E-state index in [1.165, 1.54) is 44.7 Å². The molecule has 5 aromatic rings. The van der Waals surface area contributed by atoms with Crippen LogP contribution in [0.25, 0.3) is 44.7 Å². The molecular formula is C27H21N2+. The number of imidazole rings is 1. The van der Waals surface area contributed by atoms with Crippen LogP contribution in [0.3, 0.4) is 0 Å². The summed E-state index contributed by atoms with van der Waals surface area (Å²) in [6.45, 7) is 0. The quantitative estimate of drug-likeness (QED) is 0.364. The monoisotopic (exact) mass is 373 g/mol. The average molecular weight is 373 g/mol. The van der Waals surface area contributed by atoms with Crippen LogP contribution in [0, 0.1) is 12.1 Å². The SMILES string of the molecule is Cn1c(-c2c(-c3cc[c]cc3)cccc2-c2cc[c]cc2)[n+](C)c2ccccc21. The second kappa shape index (κ2) is 7.06. The molecule has 0 saturated heterocycles. The van der Waals surface area contributed by atoms with E-state index in [0.29, 0.717) is 0 Å². The van der Waals surface area contributed by atoms with E-state index >= 15 is 0 Å². The molecule has 2 heteroatoms. The number of para-hydroxylation sites is 2. The van der Waals surface area contributed by atoms with Gasteiger partial charge in [0.15, 0.2) is 11.0 Å². The maximum atomic E-state index is 3.14. The highest BCUT2D eigenvalue weighted by atomic mass is 15.1. The zero-order valence-corrected chi connectivity index (χ0v) is 16.6. The van der Waals surface area contributed by atoms with E-state index < -0.39 is 0 Å². The molecule has 0 unspecified atom stereocenters. The molecule has 0 fully saturated rings. The molecule has 0 aliphatic rings. The third-order valence-electron chi connectivity index (χ3n) is 5.59. The van der Waals surface area contributed by atoms with E-state index in [4.69, 9.17) is 0 Å². The summed E-state index contributed by atoms with van der Waals surface area (Å²) in [5, 5.41) is 0. The number of hydrogen-bond acceptors (Lipinski definition) is 0. The summed E-state index contributed by atoms with van der Waals surface area (Å²) in [4.78, 5) is 0. The second-order valence-corrected chi connectivity index (χ2v) is 7.24. The Bertz CT molecular complexity index is 1200. The number of rotatable bonds is 3. The van der Waals surface area contributed by atoms with Gasteiger partial charge in [0.1, 0.15) is 0 Å². The standard InChI is InChI=1S/C27H21N2/c1-28-24-18-9-10-19-25(24)29(2)27(28)26-22(20-12-5-3-6-13-20)16-11-17-23(26)21-14-7-4-8-15-21/h5-19H,1-2H3/q+1. The molecule has 1 heterocycles. The first-order chi connectivity index (χ1) is 14.3. The molecule has 29 heavy (non-hydrogen) atoms. The predicted molar refractivity (Wildman–Crippen MR) is 118 cm³/mol. The smallest absolute Gasteiger partial charge is 0.226 e. The van der Waals surface area contributed by atoms with Crippen molar-refractivity contribution < 1.29 is 4.57 Å². The lowest BCUT2D eigenvalue weighted by atomic mass is 9.91. The van der Waals surface area contributed by atoms with Gasteiger partial charge in [0.05, 0.1) is 19.7 Å². The molecular weight excluding hydrogens is 352 g/mol. The summed E-state index contributed by atoms with van der Waals surface area (Å²) in [5.41, 5.74) is 8.46. The molecule has 2 radical (unpaired) electrons. The third-order valence-corrected chi connectivity index (χ3v) is 5.59. The molecule has 2 nitrogen and oxygen atoms in total. The van der Waals surface area contributed by atoms with Crippen molar-refractivity contribution in [3.8, 4) is 33.6 Å². The maximum absolute atomic E-state index is 3.14. The van der Waals surface area contributed by atoms with E-state index in [1.807, 2.05) is 24.3 Å². The van der Waals surface area contributed by atoms with Crippen molar-refractivity contribution in [3.05, 3.63) is 103 Å². The summed E-state index contributed by atoms with van der Waals surface area (Å²) in [7, 11) is 4.30. The Hall–Kier alpha value is -3.65. The Morgan fingerprint density at radius 3 is 1.79 bits per heavy atom. The lowest BCUT2D eigenvalue weighted by molar-refractivity contribution is -0.634. The highest BCUT2D eigenvalue weighted by Crippen LogP contribution is 2.39. The Labute approximate surface area is 171 Å². The fourth-order valence-electron chi connectivity index (χ4n) is 4.23. The highest BCUT2D eigenvalue weighted by molar-refractivity contribution is 5.93. The molecule has 0 N–H and O–H groups in total. The van der Waals surface area contributed by atoms with E-state index in [9.17, 15) is 0 Å². The lowest BCUT2D eigenvalue weighted by Gasteiger charge is -2.14. The summed E-state index contributed by atoms with van der Waals surface area (Å²) < 4.78 is 4.59.